The van der Waals surface area contributed by atoms with Crippen molar-refractivity contribution in [2.75, 3.05) is 13.6 Å². The van der Waals surface area contributed by atoms with Crippen LogP contribution in [0.5, 0.6) is 0 Å². The second-order valence-electron chi connectivity index (χ2n) is 6.46. The van der Waals surface area contributed by atoms with E-state index in [2.05, 4.69) is 89.4 Å². The first kappa shape index (κ1) is 19.5. The summed E-state index contributed by atoms with van der Waals surface area (Å²) in [7, 11) is 2.17. The number of benzene rings is 1. The minimum absolute atomic E-state index is 0.533. The van der Waals surface area contributed by atoms with Gasteiger partial charge in [0, 0.05) is 25.7 Å². The zero-order valence-electron chi connectivity index (χ0n) is 15.7. The van der Waals surface area contributed by atoms with Crippen LogP contribution in [0.15, 0.2) is 46.1 Å². The molecular formula is C20H30N4S. The molecule has 1 heterocycles. The van der Waals surface area contributed by atoms with E-state index in [1.165, 1.54) is 16.7 Å². The van der Waals surface area contributed by atoms with Crippen molar-refractivity contribution < 1.29 is 0 Å². The molecule has 0 bridgehead atoms. The lowest BCUT2D eigenvalue weighted by Gasteiger charge is -2.23. The minimum atomic E-state index is 0.533. The fourth-order valence-electron chi connectivity index (χ4n) is 2.41. The van der Waals surface area contributed by atoms with Crippen LogP contribution in [0, 0.1) is 0 Å². The molecule has 0 fully saturated rings. The van der Waals surface area contributed by atoms with Crippen LogP contribution in [0.4, 0.5) is 0 Å². The van der Waals surface area contributed by atoms with Crippen molar-refractivity contribution in [3.8, 4) is 0 Å². The van der Waals surface area contributed by atoms with Crippen LogP contribution in [-0.4, -0.2) is 30.5 Å². The van der Waals surface area contributed by atoms with Crippen molar-refractivity contribution in [1.82, 2.24) is 15.5 Å². The Bertz CT molecular complexity index is 649. The van der Waals surface area contributed by atoms with Crippen LogP contribution in [0.3, 0.4) is 0 Å². The molecule has 25 heavy (non-hydrogen) atoms. The van der Waals surface area contributed by atoms with E-state index in [-0.39, 0.29) is 0 Å². The topological polar surface area (TPSA) is 39.7 Å². The molecule has 1 aromatic carbocycles. The third-order valence-electron chi connectivity index (χ3n) is 4.21. The largest absolute Gasteiger partial charge is 0.357 e. The van der Waals surface area contributed by atoms with Gasteiger partial charge in [-0.05, 0) is 61.3 Å². The lowest BCUT2D eigenvalue weighted by molar-refractivity contribution is 0.265. The molecule has 136 valence electrons. The lowest BCUT2D eigenvalue weighted by atomic mass is 10.1. The normalized spacial score (nSPS) is 12.0. The maximum Gasteiger partial charge on any atom is 0.191 e. The highest BCUT2D eigenvalue weighted by Crippen LogP contribution is 2.12. The Morgan fingerprint density at radius 1 is 1.16 bits per heavy atom. The van der Waals surface area contributed by atoms with E-state index in [4.69, 9.17) is 0 Å². The first-order valence-electron chi connectivity index (χ1n) is 8.90. The summed E-state index contributed by atoms with van der Waals surface area (Å²) in [6.45, 7) is 9.83. The number of nitrogens with one attached hydrogen (secondary N) is 2. The van der Waals surface area contributed by atoms with Gasteiger partial charge in [-0.1, -0.05) is 24.3 Å². The van der Waals surface area contributed by atoms with Crippen LogP contribution in [0.1, 0.15) is 37.5 Å². The van der Waals surface area contributed by atoms with Crippen LogP contribution in [0.2, 0.25) is 0 Å². The summed E-state index contributed by atoms with van der Waals surface area (Å²) in [4.78, 5) is 7.04. The monoisotopic (exact) mass is 358 g/mol. The molecule has 0 atom stereocenters. The Kier molecular flexibility index (Phi) is 7.95. The molecule has 0 amide bonds. The average Bonchev–Trinajstić information content (AvgIpc) is 3.12. The average molecular weight is 359 g/mol. The Balaban J connectivity index is 2.01. The van der Waals surface area contributed by atoms with Gasteiger partial charge in [-0.3, -0.25) is 4.90 Å². The standard InChI is InChI=1S/C20H30N4S/c1-5-21-20(22-12-17-10-11-25-15-17)23-13-18-8-6-7-9-19(18)14-24(4)16(2)3/h6-11,15-16H,5,12-14H2,1-4H3,(H2,21,22,23). The van der Waals surface area contributed by atoms with E-state index >= 15 is 0 Å². The fourth-order valence-corrected chi connectivity index (χ4v) is 3.07. The SMILES string of the molecule is CCNC(=NCc1ccsc1)NCc1ccccc1CN(C)C(C)C. The summed E-state index contributed by atoms with van der Waals surface area (Å²) in [5.41, 5.74) is 3.93. The molecule has 5 heteroatoms. The lowest BCUT2D eigenvalue weighted by Crippen LogP contribution is -2.37. The van der Waals surface area contributed by atoms with Gasteiger partial charge >= 0.3 is 0 Å². The molecule has 0 aliphatic rings. The number of hydrogen-bond acceptors (Lipinski definition) is 3. The molecule has 4 nitrogen and oxygen atoms in total. The van der Waals surface area contributed by atoms with Crippen molar-refractivity contribution >= 4 is 17.3 Å². The Hall–Kier alpha value is -1.85. The molecule has 0 saturated heterocycles. The van der Waals surface area contributed by atoms with Crippen molar-refractivity contribution in [3.63, 3.8) is 0 Å². The molecule has 0 aliphatic heterocycles. The van der Waals surface area contributed by atoms with Crippen molar-refractivity contribution in [2.45, 2.75) is 46.4 Å². The summed E-state index contributed by atoms with van der Waals surface area (Å²) in [5, 5.41) is 11.0. The van der Waals surface area contributed by atoms with Gasteiger partial charge in [-0.15, -0.1) is 0 Å². The third-order valence-corrected chi connectivity index (χ3v) is 4.94. The summed E-state index contributed by atoms with van der Waals surface area (Å²) in [6.07, 6.45) is 0. The summed E-state index contributed by atoms with van der Waals surface area (Å²) in [5.74, 6) is 0.862. The van der Waals surface area contributed by atoms with E-state index in [1.807, 2.05) is 0 Å². The first-order chi connectivity index (χ1) is 12.1. The predicted octanol–water partition coefficient (Wildman–Crippen LogP) is 3.84. The van der Waals surface area contributed by atoms with E-state index in [0.717, 1.165) is 25.6 Å². The highest BCUT2D eigenvalue weighted by molar-refractivity contribution is 7.07. The van der Waals surface area contributed by atoms with E-state index < -0.39 is 0 Å². The van der Waals surface area contributed by atoms with Gasteiger partial charge in [0.15, 0.2) is 5.96 Å². The van der Waals surface area contributed by atoms with Crippen LogP contribution >= 0.6 is 11.3 Å². The Morgan fingerprint density at radius 3 is 2.56 bits per heavy atom. The minimum Gasteiger partial charge on any atom is -0.357 e. The Labute approximate surface area is 156 Å². The van der Waals surface area contributed by atoms with Gasteiger partial charge in [-0.25, -0.2) is 4.99 Å². The summed E-state index contributed by atoms with van der Waals surface area (Å²) < 4.78 is 0. The maximum atomic E-state index is 4.68. The molecule has 2 rings (SSSR count). The van der Waals surface area contributed by atoms with Gasteiger partial charge in [0.05, 0.1) is 6.54 Å². The van der Waals surface area contributed by atoms with Crippen molar-refractivity contribution in [3.05, 3.63) is 57.8 Å². The predicted molar refractivity (Wildman–Crippen MR) is 109 cm³/mol. The number of guanidine groups is 1. The molecule has 1 aromatic heterocycles. The molecule has 0 saturated carbocycles. The van der Waals surface area contributed by atoms with Gasteiger partial charge in [-0.2, -0.15) is 11.3 Å². The van der Waals surface area contributed by atoms with Gasteiger partial charge < -0.3 is 10.6 Å². The van der Waals surface area contributed by atoms with Crippen LogP contribution in [-0.2, 0) is 19.6 Å². The van der Waals surface area contributed by atoms with E-state index in [1.54, 1.807) is 11.3 Å². The smallest absolute Gasteiger partial charge is 0.191 e. The quantitative estimate of drug-likeness (QED) is 0.556. The van der Waals surface area contributed by atoms with Crippen molar-refractivity contribution in [1.29, 1.82) is 0 Å². The Morgan fingerprint density at radius 2 is 1.92 bits per heavy atom. The third kappa shape index (κ3) is 6.52. The second-order valence-corrected chi connectivity index (χ2v) is 7.24. The molecule has 2 N–H and O–H groups in total. The van der Waals surface area contributed by atoms with E-state index in [9.17, 15) is 0 Å². The van der Waals surface area contributed by atoms with Gasteiger partial charge in [0.2, 0.25) is 0 Å². The number of nitrogens with zero attached hydrogens (tertiary/aromatic N) is 2. The molecule has 0 unspecified atom stereocenters. The van der Waals surface area contributed by atoms with Crippen LogP contribution in [0.25, 0.3) is 0 Å². The van der Waals surface area contributed by atoms with Crippen LogP contribution < -0.4 is 10.6 Å². The zero-order chi connectivity index (χ0) is 18.1. The zero-order valence-corrected chi connectivity index (χ0v) is 16.6. The van der Waals surface area contributed by atoms with Crippen molar-refractivity contribution in [2.24, 2.45) is 4.99 Å². The van der Waals surface area contributed by atoms with Gasteiger partial charge in [0.25, 0.3) is 0 Å². The summed E-state index contributed by atoms with van der Waals surface area (Å²) in [6, 6.07) is 11.3. The molecule has 2 aromatic rings. The van der Waals surface area contributed by atoms with Gasteiger partial charge in [0.1, 0.15) is 0 Å². The van der Waals surface area contributed by atoms with E-state index in [0.29, 0.717) is 12.6 Å². The highest BCUT2D eigenvalue weighted by atomic mass is 32.1. The number of thiophene rings is 1. The maximum absolute atomic E-state index is 4.68. The first-order valence-corrected chi connectivity index (χ1v) is 9.84. The molecule has 0 radical (unpaired) electrons. The second kappa shape index (κ2) is 10.2. The number of hydrogen-bond donors (Lipinski definition) is 2. The number of rotatable bonds is 8. The molecular weight excluding hydrogens is 328 g/mol. The fraction of sp³-hybridized carbons (Fsp3) is 0.450. The molecule has 0 aliphatic carbocycles. The summed E-state index contributed by atoms with van der Waals surface area (Å²) >= 11 is 1.71. The highest BCUT2D eigenvalue weighted by Gasteiger charge is 2.08. The molecule has 0 spiro atoms. The number of aliphatic imine (C=N–C) groups is 1.